The number of nitrogens with one attached hydrogen (secondary N) is 1. The molecule has 0 saturated carbocycles. The van der Waals surface area contributed by atoms with E-state index in [1.165, 1.54) is 12.1 Å². The minimum absolute atomic E-state index is 0.130. The van der Waals surface area contributed by atoms with Gasteiger partial charge in [-0.2, -0.15) is 0 Å². The number of benzene rings is 1. The van der Waals surface area contributed by atoms with Crippen LogP contribution in [0.15, 0.2) is 18.2 Å². The summed E-state index contributed by atoms with van der Waals surface area (Å²) in [5.74, 6) is -0.379. The fourth-order valence-corrected chi connectivity index (χ4v) is 1.97. The standard InChI is InChI=1S/C14H20ClF2N/c1-14(2,6-3-7-15)10-18-9-11-4-5-12(16)8-13(11)17/h4-5,8,18H,3,6-7,9-10H2,1-2H3. The van der Waals surface area contributed by atoms with E-state index < -0.39 is 11.6 Å². The zero-order chi connectivity index (χ0) is 13.6. The van der Waals surface area contributed by atoms with Crippen LogP contribution < -0.4 is 5.32 Å². The summed E-state index contributed by atoms with van der Waals surface area (Å²) in [5.41, 5.74) is 0.621. The van der Waals surface area contributed by atoms with Gasteiger partial charge in [-0.3, -0.25) is 0 Å². The molecule has 0 aliphatic heterocycles. The van der Waals surface area contributed by atoms with Gasteiger partial charge in [0.15, 0.2) is 0 Å². The van der Waals surface area contributed by atoms with Gasteiger partial charge in [0.2, 0.25) is 0 Å². The van der Waals surface area contributed by atoms with Crippen LogP contribution in [0.3, 0.4) is 0 Å². The second kappa shape index (κ2) is 7.05. The molecule has 1 aromatic carbocycles. The molecule has 1 rings (SSSR count). The van der Waals surface area contributed by atoms with Crippen LogP contribution in [0.2, 0.25) is 0 Å². The van der Waals surface area contributed by atoms with Crippen LogP contribution in [0.1, 0.15) is 32.3 Å². The first-order valence-electron chi connectivity index (χ1n) is 6.15. The summed E-state index contributed by atoms with van der Waals surface area (Å²) in [6.45, 7) is 5.48. The third-order valence-corrected chi connectivity index (χ3v) is 3.19. The van der Waals surface area contributed by atoms with Gasteiger partial charge in [-0.1, -0.05) is 19.9 Å². The van der Waals surface area contributed by atoms with E-state index >= 15 is 0 Å². The molecule has 0 radical (unpaired) electrons. The zero-order valence-corrected chi connectivity index (χ0v) is 11.7. The Morgan fingerprint density at radius 1 is 1.28 bits per heavy atom. The van der Waals surface area contributed by atoms with Crippen LogP contribution in [-0.4, -0.2) is 12.4 Å². The molecule has 0 saturated heterocycles. The number of alkyl halides is 1. The summed E-state index contributed by atoms with van der Waals surface area (Å²) >= 11 is 5.67. The highest BCUT2D eigenvalue weighted by Crippen LogP contribution is 2.21. The van der Waals surface area contributed by atoms with E-state index in [1.807, 2.05) is 0 Å². The number of hydrogen-bond acceptors (Lipinski definition) is 1. The van der Waals surface area contributed by atoms with E-state index in [1.54, 1.807) is 0 Å². The normalized spacial score (nSPS) is 11.8. The van der Waals surface area contributed by atoms with Gasteiger partial charge in [-0.15, -0.1) is 11.6 Å². The highest BCUT2D eigenvalue weighted by atomic mass is 35.5. The summed E-state index contributed by atoms with van der Waals surface area (Å²) < 4.78 is 26.1. The molecule has 102 valence electrons. The van der Waals surface area contributed by atoms with Crippen molar-refractivity contribution in [1.29, 1.82) is 0 Å². The summed E-state index contributed by atoms with van der Waals surface area (Å²) in [4.78, 5) is 0. The van der Waals surface area contributed by atoms with Crippen molar-refractivity contribution in [2.75, 3.05) is 12.4 Å². The van der Waals surface area contributed by atoms with Crippen LogP contribution in [0.5, 0.6) is 0 Å². The summed E-state index contributed by atoms with van der Waals surface area (Å²) in [6, 6.07) is 3.66. The molecule has 0 aliphatic rings. The molecule has 1 N–H and O–H groups in total. The van der Waals surface area contributed by atoms with E-state index in [-0.39, 0.29) is 5.41 Å². The zero-order valence-electron chi connectivity index (χ0n) is 10.9. The molecular weight excluding hydrogens is 256 g/mol. The van der Waals surface area contributed by atoms with Crippen molar-refractivity contribution in [2.45, 2.75) is 33.2 Å². The fraction of sp³-hybridized carbons (Fsp3) is 0.571. The largest absolute Gasteiger partial charge is 0.312 e. The van der Waals surface area contributed by atoms with Crippen molar-refractivity contribution < 1.29 is 8.78 Å². The van der Waals surface area contributed by atoms with Crippen molar-refractivity contribution >= 4 is 11.6 Å². The van der Waals surface area contributed by atoms with Crippen LogP contribution in [-0.2, 0) is 6.54 Å². The topological polar surface area (TPSA) is 12.0 Å². The van der Waals surface area contributed by atoms with Gasteiger partial charge >= 0.3 is 0 Å². The van der Waals surface area contributed by atoms with E-state index in [2.05, 4.69) is 19.2 Å². The van der Waals surface area contributed by atoms with Crippen molar-refractivity contribution in [3.05, 3.63) is 35.4 Å². The molecule has 18 heavy (non-hydrogen) atoms. The monoisotopic (exact) mass is 275 g/mol. The summed E-state index contributed by atoms with van der Waals surface area (Å²) in [6.07, 6.45) is 2.00. The predicted molar refractivity (Wildman–Crippen MR) is 71.8 cm³/mol. The Morgan fingerprint density at radius 3 is 2.61 bits per heavy atom. The Kier molecular flexibility index (Phi) is 6.03. The van der Waals surface area contributed by atoms with Gasteiger partial charge in [0, 0.05) is 30.6 Å². The van der Waals surface area contributed by atoms with Gasteiger partial charge in [-0.05, 0) is 24.3 Å². The second-order valence-corrected chi connectivity index (χ2v) is 5.67. The Bertz CT molecular complexity index is 380. The SMILES string of the molecule is CC(C)(CCCCl)CNCc1ccc(F)cc1F. The number of hydrogen-bond donors (Lipinski definition) is 1. The predicted octanol–water partition coefficient (Wildman–Crippen LogP) is 4.10. The van der Waals surface area contributed by atoms with E-state index in [9.17, 15) is 8.78 Å². The van der Waals surface area contributed by atoms with E-state index in [4.69, 9.17) is 11.6 Å². The quantitative estimate of drug-likeness (QED) is 0.739. The number of rotatable bonds is 7. The molecule has 0 amide bonds. The lowest BCUT2D eigenvalue weighted by Crippen LogP contribution is -2.29. The molecule has 0 fully saturated rings. The lowest BCUT2D eigenvalue weighted by molar-refractivity contribution is 0.310. The fourth-order valence-electron chi connectivity index (χ4n) is 1.83. The van der Waals surface area contributed by atoms with Crippen molar-refractivity contribution in [2.24, 2.45) is 5.41 Å². The third kappa shape index (κ3) is 5.32. The van der Waals surface area contributed by atoms with Crippen LogP contribution in [0.4, 0.5) is 8.78 Å². The molecule has 0 bridgehead atoms. The highest BCUT2D eigenvalue weighted by Gasteiger charge is 2.16. The van der Waals surface area contributed by atoms with Crippen molar-refractivity contribution in [3.63, 3.8) is 0 Å². The maximum absolute atomic E-state index is 13.4. The van der Waals surface area contributed by atoms with Gasteiger partial charge in [0.1, 0.15) is 11.6 Å². The Hall–Kier alpha value is -0.670. The van der Waals surface area contributed by atoms with Crippen molar-refractivity contribution in [3.8, 4) is 0 Å². The minimum Gasteiger partial charge on any atom is -0.312 e. The van der Waals surface area contributed by atoms with Crippen LogP contribution in [0.25, 0.3) is 0 Å². The third-order valence-electron chi connectivity index (χ3n) is 2.92. The Morgan fingerprint density at radius 2 is 2.00 bits per heavy atom. The Balaban J connectivity index is 2.41. The molecule has 0 aliphatic carbocycles. The molecule has 1 aromatic rings. The maximum atomic E-state index is 13.4. The number of halogens is 3. The first kappa shape index (κ1) is 15.4. The molecular formula is C14H20ClF2N. The van der Waals surface area contributed by atoms with Gasteiger partial charge in [0.05, 0.1) is 0 Å². The first-order chi connectivity index (χ1) is 8.44. The first-order valence-corrected chi connectivity index (χ1v) is 6.69. The molecule has 0 heterocycles. The molecule has 0 atom stereocenters. The molecule has 0 unspecified atom stereocenters. The average molecular weight is 276 g/mol. The van der Waals surface area contributed by atoms with Gasteiger partial charge in [-0.25, -0.2) is 8.78 Å². The summed E-state index contributed by atoms with van der Waals surface area (Å²) in [7, 11) is 0. The second-order valence-electron chi connectivity index (χ2n) is 5.30. The van der Waals surface area contributed by atoms with Crippen molar-refractivity contribution in [1.82, 2.24) is 5.32 Å². The minimum atomic E-state index is -0.543. The maximum Gasteiger partial charge on any atom is 0.130 e. The van der Waals surface area contributed by atoms with Crippen LogP contribution in [0, 0.1) is 17.0 Å². The smallest absolute Gasteiger partial charge is 0.130 e. The molecule has 0 aromatic heterocycles. The summed E-state index contributed by atoms with van der Waals surface area (Å²) in [5, 5.41) is 3.21. The molecule has 1 nitrogen and oxygen atoms in total. The molecule has 4 heteroatoms. The Labute approximate surface area is 113 Å². The van der Waals surface area contributed by atoms with Crippen LogP contribution >= 0.6 is 11.6 Å². The average Bonchev–Trinajstić information content (AvgIpc) is 2.29. The lowest BCUT2D eigenvalue weighted by atomic mass is 9.88. The van der Waals surface area contributed by atoms with Gasteiger partial charge in [0.25, 0.3) is 0 Å². The van der Waals surface area contributed by atoms with E-state index in [0.717, 1.165) is 25.5 Å². The van der Waals surface area contributed by atoms with E-state index in [0.29, 0.717) is 18.0 Å². The lowest BCUT2D eigenvalue weighted by Gasteiger charge is -2.24. The highest BCUT2D eigenvalue weighted by molar-refractivity contribution is 6.17. The van der Waals surface area contributed by atoms with Gasteiger partial charge < -0.3 is 5.32 Å². The molecule has 0 spiro atoms.